The first-order chi connectivity index (χ1) is 10.4. The van der Waals surface area contributed by atoms with Crippen LogP contribution in [0.25, 0.3) is 0 Å². The molecule has 0 saturated heterocycles. The average Bonchev–Trinajstić information content (AvgIpc) is 2.99. The summed E-state index contributed by atoms with van der Waals surface area (Å²) in [6, 6.07) is 9.54. The highest BCUT2D eigenvalue weighted by Crippen LogP contribution is 2.08. The largest absolute Gasteiger partial charge is 0.463 e. The molecule has 7 heteroatoms. The lowest BCUT2D eigenvalue weighted by molar-refractivity contribution is 0.316. The van der Waals surface area contributed by atoms with E-state index in [2.05, 4.69) is 5.16 Å². The maximum absolute atomic E-state index is 10.5. The maximum Gasteiger partial charge on any atom is 0.294 e. The number of aryl methyl sites for hydroxylation is 1. The molecular weight excluding hydrogens is 306 g/mol. The van der Waals surface area contributed by atoms with Crippen LogP contribution in [0.3, 0.4) is 0 Å². The summed E-state index contributed by atoms with van der Waals surface area (Å²) in [5.74, 6) is 0.648. The van der Waals surface area contributed by atoms with Gasteiger partial charge in [0.2, 0.25) is 0 Å². The third kappa shape index (κ3) is 5.71. The summed E-state index contributed by atoms with van der Waals surface area (Å²) in [5.41, 5.74) is 1.56. The standard InChI is InChI=1S/C8H11NO2.C7H8O3S/c1-2-4-7(9-10)8-5-3-6-11-8;1-6-2-4-7(5-3-6)11(8,9)10/h3,5-6,10H,2,4H2,1H3;2-5H,1H3,(H,8,9,10)/b9-7+;. The van der Waals surface area contributed by atoms with Crippen molar-refractivity contribution in [2.75, 3.05) is 0 Å². The highest BCUT2D eigenvalue weighted by Gasteiger charge is 2.07. The van der Waals surface area contributed by atoms with Crippen LogP contribution in [0, 0.1) is 6.92 Å². The van der Waals surface area contributed by atoms with Gasteiger partial charge in [-0.15, -0.1) is 0 Å². The Morgan fingerprint density at radius 1 is 1.23 bits per heavy atom. The zero-order chi connectivity index (χ0) is 16.6. The van der Waals surface area contributed by atoms with Gasteiger partial charge < -0.3 is 9.62 Å². The fraction of sp³-hybridized carbons (Fsp3) is 0.267. The van der Waals surface area contributed by atoms with Crippen LogP contribution in [-0.4, -0.2) is 23.9 Å². The second kappa shape index (κ2) is 8.35. The first-order valence-corrected chi connectivity index (χ1v) is 8.11. The van der Waals surface area contributed by atoms with Crippen LogP contribution in [0.2, 0.25) is 0 Å². The molecule has 0 bridgehead atoms. The second-order valence-corrected chi connectivity index (χ2v) is 5.98. The van der Waals surface area contributed by atoms with Crippen molar-refractivity contribution in [3.8, 4) is 0 Å². The van der Waals surface area contributed by atoms with Crippen LogP contribution in [-0.2, 0) is 10.1 Å². The van der Waals surface area contributed by atoms with Crippen molar-refractivity contribution >= 4 is 15.8 Å². The van der Waals surface area contributed by atoms with Crippen LogP contribution in [0.1, 0.15) is 31.1 Å². The highest BCUT2D eigenvalue weighted by atomic mass is 32.2. The minimum absolute atomic E-state index is 0.0666. The molecule has 0 spiro atoms. The van der Waals surface area contributed by atoms with Gasteiger partial charge in [0.1, 0.15) is 5.71 Å². The Morgan fingerprint density at radius 2 is 1.86 bits per heavy atom. The average molecular weight is 325 g/mol. The van der Waals surface area contributed by atoms with Gasteiger partial charge in [-0.2, -0.15) is 8.42 Å². The summed E-state index contributed by atoms with van der Waals surface area (Å²) in [6.45, 7) is 3.86. The van der Waals surface area contributed by atoms with Crippen LogP contribution >= 0.6 is 0 Å². The van der Waals surface area contributed by atoms with E-state index in [4.69, 9.17) is 14.2 Å². The number of hydrogen-bond acceptors (Lipinski definition) is 5. The van der Waals surface area contributed by atoms with Gasteiger partial charge in [-0.05, 0) is 37.6 Å². The third-order valence-corrected chi connectivity index (χ3v) is 3.60. The van der Waals surface area contributed by atoms with E-state index in [-0.39, 0.29) is 4.90 Å². The highest BCUT2D eigenvalue weighted by molar-refractivity contribution is 7.85. The molecule has 0 saturated carbocycles. The molecule has 2 rings (SSSR count). The number of furan rings is 1. The van der Waals surface area contributed by atoms with E-state index in [1.165, 1.54) is 12.1 Å². The predicted molar refractivity (Wildman–Crippen MR) is 82.9 cm³/mol. The monoisotopic (exact) mass is 325 g/mol. The summed E-state index contributed by atoms with van der Waals surface area (Å²) in [6.07, 6.45) is 3.25. The minimum atomic E-state index is -4.02. The Balaban J connectivity index is 0.000000220. The van der Waals surface area contributed by atoms with Gasteiger partial charge in [0.15, 0.2) is 5.76 Å². The Morgan fingerprint density at radius 3 is 2.27 bits per heavy atom. The van der Waals surface area contributed by atoms with Crippen LogP contribution < -0.4 is 0 Å². The van der Waals surface area contributed by atoms with E-state index in [1.54, 1.807) is 30.5 Å². The molecule has 2 N–H and O–H groups in total. The van der Waals surface area contributed by atoms with Crippen molar-refractivity contribution < 1.29 is 22.6 Å². The zero-order valence-electron chi connectivity index (χ0n) is 12.4. The number of rotatable bonds is 4. The summed E-state index contributed by atoms with van der Waals surface area (Å²) >= 11 is 0. The molecule has 0 fully saturated rings. The lowest BCUT2D eigenvalue weighted by atomic mass is 10.2. The van der Waals surface area contributed by atoms with E-state index in [1.807, 2.05) is 13.8 Å². The first-order valence-electron chi connectivity index (χ1n) is 6.67. The topological polar surface area (TPSA) is 100 Å². The summed E-state index contributed by atoms with van der Waals surface area (Å²) < 4.78 is 34.6. The van der Waals surface area contributed by atoms with E-state index < -0.39 is 10.1 Å². The molecule has 0 radical (unpaired) electrons. The molecule has 0 aliphatic heterocycles. The lowest BCUT2D eigenvalue weighted by Gasteiger charge is -1.95. The van der Waals surface area contributed by atoms with Crippen LogP contribution in [0.15, 0.2) is 57.1 Å². The van der Waals surface area contributed by atoms with Gasteiger partial charge in [-0.25, -0.2) is 0 Å². The van der Waals surface area contributed by atoms with E-state index in [9.17, 15) is 8.42 Å². The van der Waals surface area contributed by atoms with Crippen molar-refractivity contribution in [2.45, 2.75) is 31.6 Å². The quantitative estimate of drug-likeness (QED) is 0.388. The van der Waals surface area contributed by atoms with Crippen LogP contribution in [0.4, 0.5) is 0 Å². The minimum Gasteiger partial charge on any atom is -0.463 e. The first kappa shape index (κ1) is 17.9. The van der Waals surface area contributed by atoms with E-state index in [0.717, 1.165) is 18.4 Å². The van der Waals surface area contributed by atoms with E-state index >= 15 is 0 Å². The number of benzene rings is 1. The van der Waals surface area contributed by atoms with Crippen LogP contribution in [0.5, 0.6) is 0 Å². The van der Waals surface area contributed by atoms with Gasteiger partial charge in [0.25, 0.3) is 10.1 Å². The Kier molecular flexibility index (Phi) is 6.81. The fourth-order valence-electron chi connectivity index (χ4n) is 1.61. The zero-order valence-corrected chi connectivity index (χ0v) is 13.2. The summed E-state index contributed by atoms with van der Waals surface area (Å²) in [7, 11) is -4.02. The Hall–Kier alpha value is -2.12. The fourth-order valence-corrected chi connectivity index (χ4v) is 2.09. The number of hydrogen-bond donors (Lipinski definition) is 2. The van der Waals surface area contributed by atoms with Crippen molar-refractivity contribution in [3.05, 3.63) is 54.0 Å². The molecule has 0 unspecified atom stereocenters. The molecule has 0 amide bonds. The number of oxime groups is 1. The Bertz CT molecular complexity index is 688. The summed E-state index contributed by atoms with van der Waals surface area (Å²) in [4.78, 5) is -0.0666. The molecule has 0 aliphatic rings. The molecule has 1 aromatic carbocycles. The maximum atomic E-state index is 10.5. The molecule has 1 heterocycles. The molecule has 0 atom stereocenters. The lowest BCUT2D eigenvalue weighted by Crippen LogP contribution is -1.97. The van der Waals surface area contributed by atoms with Crippen molar-refractivity contribution in [3.63, 3.8) is 0 Å². The van der Waals surface area contributed by atoms with Gasteiger partial charge in [-0.1, -0.05) is 36.2 Å². The Labute approximate surface area is 129 Å². The van der Waals surface area contributed by atoms with E-state index in [0.29, 0.717) is 11.5 Å². The molecular formula is C15H19NO5S. The van der Waals surface area contributed by atoms with Crippen molar-refractivity contribution in [1.29, 1.82) is 0 Å². The third-order valence-electron chi connectivity index (χ3n) is 2.73. The molecule has 0 aliphatic carbocycles. The smallest absolute Gasteiger partial charge is 0.294 e. The SMILES string of the molecule is CCC/C(=N\O)c1ccco1.Cc1ccc(S(=O)(=O)O)cc1. The molecule has 1 aromatic heterocycles. The normalized spacial score (nSPS) is 11.7. The van der Waals surface area contributed by atoms with Gasteiger partial charge >= 0.3 is 0 Å². The molecule has 2 aromatic rings. The second-order valence-electron chi connectivity index (χ2n) is 4.56. The van der Waals surface area contributed by atoms with Crippen molar-refractivity contribution in [1.82, 2.24) is 0 Å². The van der Waals surface area contributed by atoms with Gasteiger partial charge in [-0.3, -0.25) is 4.55 Å². The van der Waals surface area contributed by atoms with Gasteiger partial charge in [0, 0.05) is 0 Å². The summed E-state index contributed by atoms with van der Waals surface area (Å²) in [5, 5.41) is 11.7. The molecule has 120 valence electrons. The molecule has 6 nitrogen and oxygen atoms in total. The van der Waals surface area contributed by atoms with Crippen molar-refractivity contribution in [2.24, 2.45) is 5.16 Å². The predicted octanol–water partition coefficient (Wildman–Crippen LogP) is 3.50. The van der Waals surface area contributed by atoms with Gasteiger partial charge in [0.05, 0.1) is 11.2 Å². The molecule has 22 heavy (non-hydrogen) atoms. The number of nitrogens with zero attached hydrogens (tertiary/aromatic N) is 1.